The highest BCUT2D eigenvalue weighted by Gasteiger charge is 2.16. The molecular formula is C17H15ClO3. The van der Waals surface area contributed by atoms with Gasteiger partial charge in [0.05, 0.1) is 13.7 Å². The topological polar surface area (TPSA) is 35.5 Å². The highest BCUT2D eigenvalue weighted by molar-refractivity contribution is 6.30. The maximum atomic E-state index is 12.5. The summed E-state index contributed by atoms with van der Waals surface area (Å²) in [4.78, 5) is 12.5. The first-order chi connectivity index (χ1) is 10.2. The Labute approximate surface area is 128 Å². The molecule has 0 radical (unpaired) electrons. The lowest BCUT2D eigenvalue weighted by molar-refractivity contribution is 0.0992. The van der Waals surface area contributed by atoms with Crippen LogP contribution in [0.25, 0.3) is 0 Å². The average molecular weight is 303 g/mol. The minimum Gasteiger partial charge on any atom is -0.496 e. The van der Waals surface area contributed by atoms with Crippen LogP contribution in [0.5, 0.6) is 11.5 Å². The standard InChI is InChI=1S/C17H15ClO3/c1-20-16-5-3-14(18)9-13(16)10-15(19)11-2-4-17-12(8-11)6-7-21-17/h2-5,8-9H,6-7,10H2,1H3. The zero-order valence-corrected chi connectivity index (χ0v) is 12.4. The average Bonchev–Trinajstić information content (AvgIpc) is 2.94. The van der Waals surface area contributed by atoms with Crippen LogP contribution in [0.15, 0.2) is 36.4 Å². The lowest BCUT2D eigenvalue weighted by atomic mass is 10.00. The number of hydrogen-bond donors (Lipinski definition) is 0. The first-order valence-corrected chi connectivity index (χ1v) is 7.16. The smallest absolute Gasteiger partial charge is 0.167 e. The maximum Gasteiger partial charge on any atom is 0.167 e. The lowest BCUT2D eigenvalue weighted by Crippen LogP contribution is -2.05. The number of ketones is 1. The molecule has 0 saturated heterocycles. The number of Topliss-reactive ketones (excluding diaryl/α,β-unsaturated/α-hetero) is 1. The highest BCUT2D eigenvalue weighted by atomic mass is 35.5. The molecule has 0 bridgehead atoms. The molecule has 0 aliphatic carbocycles. The van der Waals surface area contributed by atoms with Gasteiger partial charge in [0, 0.05) is 29.0 Å². The summed E-state index contributed by atoms with van der Waals surface area (Å²) in [6, 6.07) is 10.9. The van der Waals surface area contributed by atoms with Gasteiger partial charge in [0.25, 0.3) is 0 Å². The molecule has 0 saturated carbocycles. The van der Waals surface area contributed by atoms with Crippen molar-refractivity contribution in [1.29, 1.82) is 0 Å². The van der Waals surface area contributed by atoms with Gasteiger partial charge in [-0.15, -0.1) is 0 Å². The Balaban J connectivity index is 1.85. The van der Waals surface area contributed by atoms with Gasteiger partial charge in [-0.1, -0.05) is 11.6 Å². The van der Waals surface area contributed by atoms with Crippen LogP contribution in [0.3, 0.4) is 0 Å². The van der Waals surface area contributed by atoms with Crippen LogP contribution in [0, 0.1) is 0 Å². The molecular weight excluding hydrogens is 288 g/mol. The number of benzene rings is 2. The van der Waals surface area contributed by atoms with Gasteiger partial charge in [0.15, 0.2) is 5.78 Å². The van der Waals surface area contributed by atoms with Gasteiger partial charge in [-0.25, -0.2) is 0 Å². The van der Waals surface area contributed by atoms with E-state index in [1.165, 1.54) is 0 Å². The van der Waals surface area contributed by atoms with Crippen molar-refractivity contribution in [3.05, 3.63) is 58.1 Å². The first-order valence-electron chi connectivity index (χ1n) is 6.79. The van der Waals surface area contributed by atoms with Crippen molar-refractivity contribution in [3.63, 3.8) is 0 Å². The third-order valence-corrected chi connectivity index (χ3v) is 3.84. The first kappa shape index (κ1) is 14.0. The van der Waals surface area contributed by atoms with E-state index in [1.54, 1.807) is 25.3 Å². The predicted molar refractivity (Wildman–Crippen MR) is 81.7 cm³/mol. The van der Waals surface area contributed by atoms with Crippen LogP contribution in [-0.4, -0.2) is 19.5 Å². The lowest BCUT2D eigenvalue weighted by Gasteiger charge is -2.09. The van der Waals surface area contributed by atoms with Crippen LogP contribution >= 0.6 is 11.6 Å². The second-order valence-electron chi connectivity index (χ2n) is 4.98. The summed E-state index contributed by atoms with van der Waals surface area (Å²) in [5.74, 6) is 1.61. The van der Waals surface area contributed by atoms with Crippen LogP contribution in [0.2, 0.25) is 5.02 Å². The fraction of sp³-hybridized carbons (Fsp3) is 0.235. The molecule has 4 heteroatoms. The number of fused-ring (bicyclic) bond motifs is 1. The molecule has 0 N–H and O–H groups in total. The Morgan fingerprint density at radius 3 is 2.95 bits per heavy atom. The molecule has 0 unspecified atom stereocenters. The molecule has 1 aliphatic rings. The SMILES string of the molecule is COc1ccc(Cl)cc1CC(=O)c1ccc2c(c1)CCO2. The quantitative estimate of drug-likeness (QED) is 0.808. The van der Waals surface area contributed by atoms with Crippen molar-refractivity contribution in [2.45, 2.75) is 12.8 Å². The Morgan fingerprint density at radius 2 is 2.14 bits per heavy atom. The van der Waals surface area contributed by atoms with Gasteiger partial charge in [-0.2, -0.15) is 0 Å². The molecule has 0 atom stereocenters. The zero-order chi connectivity index (χ0) is 14.8. The van der Waals surface area contributed by atoms with Crippen molar-refractivity contribution < 1.29 is 14.3 Å². The molecule has 108 valence electrons. The third kappa shape index (κ3) is 2.88. The zero-order valence-electron chi connectivity index (χ0n) is 11.7. The number of carbonyl (C=O) groups is 1. The van der Waals surface area contributed by atoms with E-state index in [4.69, 9.17) is 21.1 Å². The summed E-state index contributed by atoms with van der Waals surface area (Å²) >= 11 is 6.00. The summed E-state index contributed by atoms with van der Waals surface area (Å²) < 4.78 is 10.7. The summed E-state index contributed by atoms with van der Waals surface area (Å²) in [7, 11) is 1.59. The number of ether oxygens (including phenoxy) is 2. The largest absolute Gasteiger partial charge is 0.496 e. The second-order valence-corrected chi connectivity index (χ2v) is 5.41. The number of halogens is 1. The van der Waals surface area contributed by atoms with E-state index < -0.39 is 0 Å². The summed E-state index contributed by atoms with van der Waals surface area (Å²) in [5.41, 5.74) is 2.59. The Kier molecular flexibility index (Phi) is 3.84. The summed E-state index contributed by atoms with van der Waals surface area (Å²) in [5, 5.41) is 0.598. The maximum absolute atomic E-state index is 12.5. The van der Waals surface area contributed by atoms with E-state index in [0.29, 0.717) is 22.9 Å². The third-order valence-electron chi connectivity index (χ3n) is 3.60. The summed E-state index contributed by atoms with van der Waals surface area (Å²) in [6.07, 6.45) is 1.13. The number of hydrogen-bond acceptors (Lipinski definition) is 3. The molecule has 0 spiro atoms. The minimum absolute atomic E-state index is 0.0465. The van der Waals surface area contributed by atoms with E-state index in [9.17, 15) is 4.79 Å². The van der Waals surface area contributed by atoms with Crippen molar-refractivity contribution in [2.24, 2.45) is 0 Å². The van der Waals surface area contributed by atoms with Gasteiger partial charge >= 0.3 is 0 Å². The monoisotopic (exact) mass is 302 g/mol. The molecule has 0 aromatic heterocycles. The fourth-order valence-corrected chi connectivity index (χ4v) is 2.72. The second kappa shape index (κ2) is 5.78. The number of carbonyl (C=O) groups excluding carboxylic acids is 1. The number of rotatable bonds is 4. The van der Waals surface area contributed by atoms with Gasteiger partial charge in [-0.05, 0) is 42.0 Å². The van der Waals surface area contributed by atoms with Crippen molar-refractivity contribution in [2.75, 3.05) is 13.7 Å². The van der Waals surface area contributed by atoms with Gasteiger partial charge in [0.1, 0.15) is 11.5 Å². The van der Waals surface area contributed by atoms with Crippen LogP contribution in [-0.2, 0) is 12.8 Å². The molecule has 2 aromatic carbocycles. The van der Waals surface area contributed by atoms with Crippen molar-refractivity contribution >= 4 is 17.4 Å². The van der Waals surface area contributed by atoms with E-state index in [1.807, 2.05) is 18.2 Å². The molecule has 0 fully saturated rings. The van der Waals surface area contributed by atoms with Crippen LogP contribution < -0.4 is 9.47 Å². The molecule has 21 heavy (non-hydrogen) atoms. The summed E-state index contributed by atoms with van der Waals surface area (Å²) in [6.45, 7) is 0.690. The van der Waals surface area contributed by atoms with Crippen LogP contribution in [0.1, 0.15) is 21.5 Å². The predicted octanol–water partition coefficient (Wildman–Crippen LogP) is 3.71. The normalized spacial score (nSPS) is 12.7. The van der Waals surface area contributed by atoms with Gasteiger partial charge < -0.3 is 9.47 Å². The van der Waals surface area contributed by atoms with E-state index >= 15 is 0 Å². The fourth-order valence-electron chi connectivity index (χ4n) is 2.52. The molecule has 1 heterocycles. The van der Waals surface area contributed by atoms with Gasteiger partial charge in [-0.3, -0.25) is 4.79 Å². The Hall–Kier alpha value is -2.00. The number of methoxy groups -OCH3 is 1. The molecule has 0 amide bonds. The van der Waals surface area contributed by atoms with Crippen molar-refractivity contribution in [1.82, 2.24) is 0 Å². The molecule has 1 aliphatic heterocycles. The van der Waals surface area contributed by atoms with Gasteiger partial charge in [0.2, 0.25) is 0 Å². The molecule has 2 aromatic rings. The highest BCUT2D eigenvalue weighted by Crippen LogP contribution is 2.28. The van der Waals surface area contributed by atoms with E-state index in [2.05, 4.69) is 0 Å². The molecule has 3 nitrogen and oxygen atoms in total. The van der Waals surface area contributed by atoms with E-state index in [0.717, 1.165) is 23.3 Å². The van der Waals surface area contributed by atoms with Crippen molar-refractivity contribution in [3.8, 4) is 11.5 Å². The Bertz CT molecular complexity index is 694. The van der Waals surface area contributed by atoms with Crippen LogP contribution in [0.4, 0.5) is 0 Å². The van der Waals surface area contributed by atoms with E-state index in [-0.39, 0.29) is 12.2 Å². The molecule has 3 rings (SSSR count). The Morgan fingerprint density at radius 1 is 1.29 bits per heavy atom. The minimum atomic E-state index is 0.0465.